The Labute approximate surface area is 85.8 Å². The van der Waals surface area contributed by atoms with Crippen LogP contribution in [0.4, 0.5) is 0 Å². The van der Waals surface area contributed by atoms with Crippen LogP contribution < -0.4 is 5.32 Å². The molecule has 0 fully saturated rings. The highest BCUT2D eigenvalue weighted by atomic mass is 35.5. The van der Waals surface area contributed by atoms with Crippen LogP contribution in [0.2, 0.25) is 0 Å². The van der Waals surface area contributed by atoms with Gasteiger partial charge in [-0.3, -0.25) is 0 Å². The average molecular weight is 228 g/mol. The average Bonchev–Trinajstić information content (AvgIpc) is 2.03. The van der Waals surface area contributed by atoms with E-state index in [9.17, 15) is 8.42 Å². The minimum Gasteiger partial charge on any atom is -0.312 e. The molecule has 0 saturated heterocycles. The summed E-state index contributed by atoms with van der Waals surface area (Å²) in [5.41, 5.74) is 0. The van der Waals surface area contributed by atoms with Gasteiger partial charge in [0.25, 0.3) is 0 Å². The van der Waals surface area contributed by atoms with Crippen LogP contribution in [-0.4, -0.2) is 38.4 Å². The molecule has 3 nitrogen and oxygen atoms in total. The van der Waals surface area contributed by atoms with Crippen LogP contribution in [0, 0.1) is 0 Å². The van der Waals surface area contributed by atoms with Crippen LogP contribution in [0.1, 0.15) is 20.3 Å². The molecule has 0 radical (unpaired) electrons. The Bertz CT molecular complexity index is 216. The summed E-state index contributed by atoms with van der Waals surface area (Å²) in [5.74, 6) is 1.000. The van der Waals surface area contributed by atoms with Crippen molar-refractivity contribution < 1.29 is 8.42 Å². The predicted octanol–water partition coefficient (Wildman–Crippen LogP) is 1.03. The number of rotatable bonds is 7. The third-order valence-corrected chi connectivity index (χ3v) is 3.97. The molecule has 0 aliphatic heterocycles. The summed E-state index contributed by atoms with van der Waals surface area (Å²) >= 11 is 5.55. The Morgan fingerprint density at radius 2 is 2.00 bits per heavy atom. The molecule has 0 rings (SSSR count). The first-order valence-electron chi connectivity index (χ1n) is 4.51. The number of alkyl halides is 1. The van der Waals surface area contributed by atoms with E-state index in [0.717, 1.165) is 0 Å². The van der Waals surface area contributed by atoms with Crippen LogP contribution in [0.3, 0.4) is 0 Å². The Hall–Kier alpha value is 0.200. The van der Waals surface area contributed by atoms with Gasteiger partial charge in [0, 0.05) is 24.2 Å². The minimum atomic E-state index is -2.84. The molecule has 0 heterocycles. The standard InChI is InChI=1S/C8H18ClNO2S/c1-3-5-13(11,12)6-4-10-8(2)7-9/h8,10H,3-7H2,1-2H3. The predicted molar refractivity (Wildman–Crippen MR) is 57.1 cm³/mol. The van der Waals surface area contributed by atoms with Gasteiger partial charge in [-0.25, -0.2) is 8.42 Å². The lowest BCUT2D eigenvalue weighted by Crippen LogP contribution is -2.32. The van der Waals surface area contributed by atoms with Gasteiger partial charge in [-0.1, -0.05) is 6.92 Å². The van der Waals surface area contributed by atoms with Gasteiger partial charge >= 0.3 is 0 Å². The van der Waals surface area contributed by atoms with Gasteiger partial charge in [0.15, 0.2) is 9.84 Å². The molecule has 0 amide bonds. The zero-order valence-corrected chi connectivity index (χ0v) is 9.79. The van der Waals surface area contributed by atoms with Crippen molar-refractivity contribution in [1.82, 2.24) is 5.32 Å². The molecule has 0 aromatic carbocycles. The van der Waals surface area contributed by atoms with Gasteiger partial charge in [0.1, 0.15) is 0 Å². The van der Waals surface area contributed by atoms with Gasteiger partial charge in [-0.15, -0.1) is 11.6 Å². The Morgan fingerprint density at radius 1 is 1.38 bits per heavy atom. The first-order chi connectivity index (χ1) is 6.02. The Balaban J connectivity index is 3.64. The molecule has 0 spiro atoms. The quantitative estimate of drug-likeness (QED) is 0.661. The topological polar surface area (TPSA) is 46.2 Å². The number of sulfone groups is 1. The van der Waals surface area contributed by atoms with E-state index in [1.54, 1.807) is 0 Å². The van der Waals surface area contributed by atoms with Crippen molar-refractivity contribution in [1.29, 1.82) is 0 Å². The summed E-state index contributed by atoms with van der Waals surface area (Å²) in [7, 11) is -2.84. The number of nitrogens with one attached hydrogen (secondary N) is 1. The molecule has 0 aliphatic rings. The molecule has 0 aromatic rings. The summed E-state index contributed by atoms with van der Waals surface area (Å²) in [6.45, 7) is 4.29. The fraction of sp³-hybridized carbons (Fsp3) is 1.00. The molecule has 0 aliphatic carbocycles. The van der Waals surface area contributed by atoms with E-state index in [4.69, 9.17) is 11.6 Å². The Morgan fingerprint density at radius 3 is 2.46 bits per heavy atom. The van der Waals surface area contributed by atoms with E-state index < -0.39 is 9.84 Å². The fourth-order valence-electron chi connectivity index (χ4n) is 0.928. The molecule has 1 N–H and O–H groups in total. The van der Waals surface area contributed by atoms with Gasteiger partial charge in [0.05, 0.1) is 5.75 Å². The minimum absolute atomic E-state index is 0.179. The van der Waals surface area contributed by atoms with Gasteiger partial charge in [-0.2, -0.15) is 0 Å². The normalized spacial score (nSPS) is 14.4. The highest BCUT2D eigenvalue weighted by Gasteiger charge is 2.09. The molecule has 0 aromatic heterocycles. The second-order valence-electron chi connectivity index (χ2n) is 3.16. The van der Waals surface area contributed by atoms with Crippen molar-refractivity contribution >= 4 is 21.4 Å². The third kappa shape index (κ3) is 7.28. The lowest BCUT2D eigenvalue weighted by atomic mass is 10.4. The summed E-state index contributed by atoms with van der Waals surface area (Å²) in [6, 6.07) is 0.179. The summed E-state index contributed by atoms with van der Waals surface area (Å²) in [5, 5.41) is 3.04. The molecule has 0 saturated carbocycles. The van der Waals surface area contributed by atoms with Crippen molar-refractivity contribution in [2.75, 3.05) is 23.9 Å². The zero-order valence-electron chi connectivity index (χ0n) is 8.22. The van der Waals surface area contributed by atoms with E-state index in [-0.39, 0.29) is 17.5 Å². The molecule has 80 valence electrons. The molecule has 5 heteroatoms. The third-order valence-electron chi connectivity index (χ3n) is 1.65. The summed E-state index contributed by atoms with van der Waals surface area (Å²) in [6.07, 6.45) is 0.688. The molecule has 1 atom stereocenters. The van der Waals surface area contributed by atoms with E-state index >= 15 is 0 Å². The zero-order chi connectivity index (χ0) is 10.3. The number of halogens is 1. The van der Waals surface area contributed by atoms with E-state index in [1.807, 2.05) is 13.8 Å². The first-order valence-corrected chi connectivity index (χ1v) is 6.87. The molecule has 1 unspecified atom stereocenters. The molecule has 0 bridgehead atoms. The summed E-state index contributed by atoms with van der Waals surface area (Å²) < 4.78 is 22.5. The second-order valence-corrected chi connectivity index (χ2v) is 5.77. The van der Waals surface area contributed by atoms with Crippen LogP contribution >= 0.6 is 11.6 Å². The van der Waals surface area contributed by atoms with E-state index in [2.05, 4.69) is 5.32 Å². The van der Waals surface area contributed by atoms with Crippen molar-refractivity contribution in [3.63, 3.8) is 0 Å². The summed E-state index contributed by atoms with van der Waals surface area (Å²) in [4.78, 5) is 0. The van der Waals surface area contributed by atoms with Gasteiger partial charge < -0.3 is 5.32 Å². The van der Waals surface area contributed by atoms with E-state index in [0.29, 0.717) is 18.8 Å². The van der Waals surface area contributed by atoms with E-state index in [1.165, 1.54) is 0 Å². The number of hydrogen-bond acceptors (Lipinski definition) is 3. The fourth-order valence-corrected chi connectivity index (χ4v) is 2.29. The van der Waals surface area contributed by atoms with Crippen LogP contribution in [-0.2, 0) is 9.84 Å². The highest BCUT2D eigenvalue weighted by molar-refractivity contribution is 7.91. The van der Waals surface area contributed by atoms with Crippen molar-refractivity contribution in [2.24, 2.45) is 0 Å². The van der Waals surface area contributed by atoms with Crippen LogP contribution in [0.15, 0.2) is 0 Å². The SMILES string of the molecule is CCCS(=O)(=O)CCNC(C)CCl. The van der Waals surface area contributed by atoms with Crippen molar-refractivity contribution in [3.05, 3.63) is 0 Å². The lowest BCUT2D eigenvalue weighted by Gasteiger charge is -2.09. The molecular weight excluding hydrogens is 210 g/mol. The number of hydrogen-bond donors (Lipinski definition) is 1. The monoisotopic (exact) mass is 227 g/mol. The van der Waals surface area contributed by atoms with Crippen LogP contribution in [0.25, 0.3) is 0 Å². The highest BCUT2D eigenvalue weighted by Crippen LogP contribution is 1.93. The lowest BCUT2D eigenvalue weighted by molar-refractivity contribution is 0.578. The van der Waals surface area contributed by atoms with Crippen LogP contribution in [0.5, 0.6) is 0 Å². The maximum absolute atomic E-state index is 11.2. The molecular formula is C8H18ClNO2S. The maximum Gasteiger partial charge on any atom is 0.151 e. The van der Waals surface area contributed by atoms with Gasteiger partial charge in [-0.05, 0) is 13.3 Å². The molecule has 13 heavy (non-hydrogen) atoms. The van der Waals surface area contributed by atoms with Gasteiger partial charge in [0.2, 0.25) is 0 Å². The Kier molecular flexibility index (Phi) is 6.73. The second kappa shape index (κ2) is 6.62. The van der Waals surface area contributed by atoms with Crippen molar-refractivity contribution in [2.45, 2.75) is 26.3 Å². The van der Waals surface area contributed by atoms with Crippen molar-refractivity contribution in [3.8, 4) is 0 Å². The first kappa shape index (κ1) is 13.2. The largest absolute Gasteiger partial charge is 0.312 e. The smallest absolute Gasteiger partial charge is 0.151 e. The maximum atomic E-state index is 11.2.